The number of nitrogens with two attached hydrogens (primary N) is 1. The van der Waals surface area contributed by atoms with Crippen molar-refractivity contribution in [1.82, 2.24) is 9.97 Å². The molecule has 0 aliphatic carbocycles. The van der Waals surface area contributed by atoms with Gasteiger partial charge < -0.3 is 10.1 Å². The van der Waals surface area contributed by atoms with Gasteiger partial charge in [0.2, 0.25) is 5.95 Å². The van der Waals surface area contributed by atoms with Gasteiger partial charge in [-0.3, -0.25) is 9.35 Å². The molecule has 6 nitrogen and oxygen atoms in total. The van der Waals surface area contributed by atoms with Crippen LogP contribution >= 0.6 is 15.9 Å². The second-order valence-corrected chi connectivity index (χ2v) is 9.30. The van der Waals surface area contributed by atoms with Crippen molar-refractivity contribution in [1.29, 1.82) is 0 Å². The Kier molecular flexibility index (Phi) is 6.15. The van der Waals surface area contributed by atoms with Crippen molar-refractivity contribution in [3.8, 4) is 17.0 Å². The van der Waals surface area contributed by atoms with Crippen molar-refractivity contribution >= 4 is 42.6 Å². The number of hydrogen-bond acceptors (Lipinski definition) is 5. The number of halogens is 3. The number of methoxy groups -OCH3 is 1. The SMILES string of the molecule is COc1cc(F)ccc1-c1nc(Nc2cc(Br)cc(C=S(C)(N)=O)c2)ncc1F. The van der Waals surface area contributed by atoms with E-state index in [0.717, 1.165) is 12.3 Å². The minimum atomic E-state index is -2.59. The van der Waals surface area contributed by atoms with E-state index in [9.17, 15) is 13.0 Å². The van der Waals surface area contributed by atoms with Crippen molar-refractivity contribution in [2.24, 2.45) is 5.14 Å². The predicted octanol–water partition coefficient (Wildman–Crippen LogP) is 3.87. The van der Waals surface area contributed by atoms with E-state index in [1.54, 1.807) is 18.2 Å². The summed E-state index contributed by atoms with van der Waals surface area (Å²) in [5.41, 5.74) is 1.44. The minimum absolute atomic E-state index is 0.0420. The number of aromatic nitrogens is 2. The number of rotatable bonds is 5. The Morgan fingerprint density at radius 2 is 2.00 bits per heavy atom. The highest BCUT2D eigenvalue weighted by atomic mass is 79.9. The number of nitrogens with one attached hydrogen (secondary N) is 1. The number of nitrogens with zero attached hydrogens (tertiary/aromatic N) is 2. The first-order valence-electron chi connectivity index (χ1n) is 8.20. The summed E-state index contributed by atoms with van der Waals surface area (Å²) < 4.78 is 45.5. The van der Waals surface area contributed by atoms with E-state index in [4.69, 9.17) is 9.88 Å². The molecule has 3 N–H and O–H groups in total. The van der Waals surface area contributed by atoms with Crippen LogP contribution < -0.4 is 15.2 Å². The molecule has 0 aliphatic heterocycles. The molecule has 152 valence electrons. The third kappa shape index (κ3) is 5.49. The van der Waals surface area contributed by atoms with Crippen molar-refractivity contribution in [3.63, 3.8) is 0 Å². The van der Waals surface area contributed by atoms with Crippen molar-refractivity contribution in [2.45, 2.75) is 0 Å². The molecule has 0 saturated heterocycles. The van der Waals surface area contributed by atoms with E-state index in [0.29, 0.717) is 15.7 Å². The molecule has 1 heterocycles. The zero-order chi connectivity index (χ0) is 21.2. The molecule has 1 unspecified atom stereocenters. The fourth-order valence-electron chi connectivity index (χ4n) is 2.63. The first-order chi connectivity index (χ1) is 13.6. The highest BCUT2D eigenvalue weighted by molar-refractivity contribution is 9.10. The van der Waals surface area contributed by atoms with E-state index in [1.807, 2.05) is 0 Å². The maximum Gasteiger partial charge on any atom is 0.227 e. The summed E-state index contributed by atoms with van der Waals surface area (Å²) in [6, 6.07) is 8.92. The number of ether oxygens (including phenoxy) is 1. The highest BCUT2D eigenvalue weighted by Crippen LogP contribution is 2.32. The second-order valence-electron chi connectivity index (χ2n) is 6.22. The summed E-state index contributed by atoms with van der Waals surface area (Å²) in [5, 5.41) is 10.0. The normalized spacial score (nSPS) is 12.9. The van der Waals surface area contributed by atoms with E-state index >= 15 is 0 Å². The molecule has 1 aromatic heterocycles. The van der Waals surface area contributed by atoms with Gasteiger partial charge in [0, 0.05) is 43.1 Å². The Morgan fingerprint density at radius 3 is 2.69 bits per heavy atom. The van der Waals surface area contributed by atoms with E-state index in [1.165, 1.54) is 30.9 Å². The Labute approximate surface area is 175 Å². The zero-order valence-electron chi connectivity index (χ0n) is 15.4. The van der Waals surface area contributed by atoms with Gasteiger partial charge in [-0.25, -0.2) is 18.7 Å². The molecule has 10 heteroatoms. The summed E-state index contributed by atoms with van der Waals surface area (Å²) in [4.78, 5) is 8.15. The molecule has 1 atom stereocenters. The smallest absolute Gasteiger partial charge is 0.227 e. The van der Waals surface area contributed by atoms with Gasteiger partial charge >= 0.3 is 0 Å². The zero-order valence-corrected chi connectivity index (χ0v) is 17.9. The summed E-state index contributed by atoms with van der Waals surface area (Å²) in [6.07, 6.45) is 2.43. The predicted molar refractivity (Wildman–Crippen MR) is 115 cm³/mol. The summed E-state index contributed by atoms with van der Waals surface area (Å²) in [7, 11) is -1.23. The van der Waals surface area contributed by atoms with Crippen LogP contribution in [-0.2, 0) is 9.71 Å². The second kappa shape index (κ2) is 8.44. The van der Waals surface area contributed by atoms with Gasteiger partial charge in [-0.15, -0.1) is 0 Å². The average molecular weight is 483 g/mol. The molecular formula is C19H17BrF2N4O2S. The fraction of sp³-hybridized carbons (Fsp3) is 0.105. The Morgan fingerprint density at radius 1 is 1.24 bits per heavy atom. The van der Waals surface area contributed by atoms with Crippen LogP contribution in [0.2, 0.25) is 0 Å². The highest BCUT2D eigenvalue weighted by Gasteiger charge is 2.15. The molecule has 3 aromatic rings. The maximum absolute atomic E-state index is 14.4. The lowest BCUT2D eigenvalue weighted by Gasteiger charge is -2.11. The van der Waals surface area contributed by atoms with Crippen LogP contribution in [-0.4, -0.2) is 32.9 Å². The number of anilines is 2. The Bertz CT molecular complexity index is 1190. The lowest BCUT2D eigenvalue weighted by Crippen LogP contribution is -2.13. The molecule has 0 radical (unpaired) electrons. The molecule has 0 bridgehead atoms. The van der Waals surface area contributed by atoms with Crippen molar-refractivity contribution in [2.75, 3.05) is 18.7 Å². The van der Waals surface area contributed by atoms with Gasteiger partial charge in [0.1, 0.15) is 17.3 Å². The molecule has 2 aromatic carbocycles. The van der Waals surface area contributed by atoms with Gasteiger partial charge in [0.05, 0.1) is 13.3 Å². The van der Waals surface area contributed by atoms with Crippen LogP contribution in [0.4, 0.5) is 20.4 Å². The first-order valence-corrected chi connectivity index (χ1v) is 11.1. The van der Waals surface area contributed by atoms with E-state index in [-0.39, 0.29) is 23.0 Å². The monoisotopic (exact) mass is 482 g/mol. The van der Waals surface area contributed by atoms with Crippen molar-refractivity contribution in [3.05, 3.63) is 64.3 Å². The van der Waals surface area contributed by atoms with Crippen molar-refractivity contribution < 1.29 is 17.7 Å². The lowest BCUT2D eigenvalue weighted by atomic mass is 10.1. The standard InChI is InChI=1S/C19H17BrF2N4O2S/c1-28-17-8-13(21)3-4-15(17)18-16(22)9-24-19(26-18)25-14-6-11(5-12(20)7-14)10-29(2,23)27/h3-10H,1-2H3,(H2,23,27)(H,24,25,26). The minimum Gasteiger partial charge on any atom is -0.496 e. The molecule has 0 fully saturated rings. The third-order valence-corrected chi connectivity index (χ3v) is 4.91. The third-order valence-electron chi connectivity index (χ3n) is 3.71. The first kappa shape index (κ1) is 21.2. The van der Waals surface area contributed by atoms with Crippen LogP contribution in [0.15, 0.2) is 47.1 Å². The molecule has 0 saturated carbocycles. The Hall–Kier alpha value is -2.56. The fourth-order valence-corrected chi connectivity index (χ4v) is 3.82. The number of benzene rings is 2. The quantitative estimate of drug-likeness (QED) is 0.538. The van der Waals surface area contributed by atoms with Gasteiger partial charge in [-0.2, -0.15) is 0 Å². The largest absolute Gasteiger partial charge is 0.496 e. The molecule has 0 amide bonds. The van der Waals surface area contributed by atoms with Crippen LogP contribution in [0.25, 0.3) is 11.3 Å². The van der Waals surface area contributed by atoms with Crippen LogP contribution in [0.3, 0.4) is 0 Å². The topological polar surface area (TPSA) is 90.1 Å². The maximum atomic E-state index is 14.4. The Balaban J connectivity index is 2.01. The lowest BCUT2D eigenvalue weighted by molar-refractivity contribution is 0.412. The van der Waals surface area contributed by atoms with Gasteiger partial charge in [0.25, 0.3) is 0 Å². The summed E-state index contributed by atoms with van der Waals surface area (Å²) >= 11 is 3.38. The van der Waals surface area contributed by atoms with E-state index in [2.05, 4.69) is 31.2 Å². The van der Waals surface area contributed by atoms with Gasteiger partial charge in [0.15, 0.2) is 5.82 Å². The molecular weight excluding hydrogens is 466 g/mol. The van der Waals surface area contributed by atoms with Crippen LogP contribution in [0.5, 0.6) is 5.75 Å². The van der Waals surface area contributed by atoms with Gasteiger partial charge in [-0.1, -0.05) is 15.9 Å². The van der Waals surface area contributed by atoms with E-state index < -0.39 is 21.3 Å². The average Bonchev–Trinajstić information content (AvgIpc) is 2.61. The van der Waals surface area contributed by atoms with Crippen LogP contribution in [0, 0.1) is 11.6 Å². The number of hydrogen-bond donors (Lipinski definition) is 2. The summed E-state index contributed by atoms with van der Waals surface area (Å²) in [5.74, 6) is -0.934. The molecule has 0 spiro atoms. The molecule has 0 aliphatic rings. The molecule has 3 rings (SSSR count). The summed E-state index contributed by atoms with van der Waals surface area (Å²) in [6.45, 7) is 0. The molecule has 29 heavy (non-hydrogen) atoms. The van der Waals surface area contributed by atoms with Gasteiger partial charge in [-0.05, 0) is 35.9 Å². The van der Waals surface area contributed by atoms with Crippen LogP contribution in [0.1, 0.15) is 5.56 Å².